The summed E-state index contributed by atoms with van der Waals surface area (Å²) < 4.78 is 11.9. The first-order valence-corrected chi connectivity index (χ1v) is 6.91. The summed E-state index contributed by atoms with van der Waals surface area (Å²) in [5.41, 5.74) is 2.32. The van der Waals surface area contributed by atoms with Crippen LogP contribution in [0.1, 0.15) is 5.56 Å². The van der Waals surface area contributed by atoms with Gasteiger partial charge in [-0.25, -0.2) is 0 Å². The van der Waals surface area contributed by atoms with E-state index < -0.39 is 0 Å². The molecule has 0 aliphatic carbocycles. The molecule has 2 aromatic carbocycles. The molecule has 0 fully saturated rings. The maximum absolute atomic E-state index is 8.98. The van der Waals surface area contributed by atoms with Crippen LogP contribution in [0.2, 0.25) is 0 Å². The van der Waals surface area contributed by atoms with Gasteiger partial charge in [-0.1, -0.05) is 15.9 Å². The predicted octanol–water partition coefficient (Wildman–Crippen LogP) is 3.84. The largest absolute Gasteiger partial charge is 0.486 e. The third kappa shape index (κ3) is 2.70. The van der Waals surface area contributed by atoms with Crippen molar-refractivity contribution in [3.63, 3.8) is 0 Å². The number of benzene rings is 2. The first kappa shape index (κ1) is 12.8. The molecule has 1 aliphatic heterocycles. The minimum atomic E-state index is 0.561. The molecule has 0 atom stereocenters. The van der Waals surface area contributed by atoms with Crippen LogP contribution < -0.4 is 14.8 Å². The Morgan fingerprint density at radius 3 is 2.60 bits per heavy atom. The lowest BCUT2D eigenvalue weighted by Crippen LogP contribution is -2.15. The van der Waals surface area contributed by atoms with Crippen molar-refractivity contribution in [1.82, 2.24) is 0 Å². The van der Waals surface area contributed by atoms with Crippen molar-refractivity contribution in [2.24, 2.45) is 0 Å². The van der Waals surface area contributed by atoms with Gasteiger partial charge in [-0.05, 0) is 30.3 Å². The predicted molar refractivity (Wildman–Crippen MR) is 79.6 cm³/mol. The topological polar surface area (TPSA) is 54.3 Å². The van der Waals surface area contributed by atoms with Gasteiger partial charge >= 0.3 is 0 Å². The van der Waals surface area contributed by atoms with Crippen LogP contribution in [0.15, 0.2) is 40.9 Å². The molecule has 100 valence electrons. The highest BCUT2D eigenvalue weighted by Crippen LogP contribution is 2.34. The number of ether oxygens (including phenoxy) is 2. The molecular formula is C15H11BrN2O2. The lowest BCUT2D eigenvalue weighted by Gasteiger charge is -2.19. The average Bonchev–Trinajstić information content (AvgIpc) is 2.46. The summed E-state index contributed by atoms with van der Waals surface area (Å²) in [5, 5.41) is 12.2. The zero-order chi connectivity index (χ0) is 13.9. The lowest BCUT2D eigenvalue weighted by molar-refractivity contribution is 0.171. The van der Waals surface area contributed by atoms with E-state index in [1.54, 1.807) is 12.1 Å². The number of hydrogen-bond acceptors (Lipinski definition) is 4. The molecule has 0 aromatic heterocycles. The standard InChI is InChI=1S/C15H11BrN2O2/c16-11-5-10(9-17)6-13(7-11)18-12-1-2-14-15(8-12)20-4-3-19-14/h1-2,5-8,18H,3-4H2. The van der Waals surface area contributed by atoms with Crippen molar-refractivity contribution < 1.29 is 9.47 Å². The average molecular weight is 331 g/mol. The fourth-order valence-corrected chi connectivity index (χ4v) is 2.51. The lowest BCUT2D eigenvalue weighted by atomic mass is 10.2. The minimum Gasteiger partial charge on any atom is -0.486 e. The Kier molecular flexibility index (Phi) is 3.48. The van der Waals surface area contributed by atoms with Crippen molar-refractivity contribution in [2.45, 2.75) is 0 Å². The van der Waals surface area contributed by atoms with Crippen molar-refractivity contribution in [1.29, 1.82) is 5.26 Å². The Morgan fingerprint density at radius 2 is 1.80 bits per heavy atom. The van der Waals surface area contributed by atoms with Gasteiger partial charge in [0.05, 0.1) is 11.6 Å². The van der Waals surface area contributed by atoms with E-state index in [4.69, 9.17) is 14.7 Å². The van der Waals surface area contributed by atoms with Crippen LogP contribution in [0, 0.1) is 11.3 Å². The molecule has 2 aromatic rings. The van der Waals surface area contributed by atoms with Gasteiger partial charge in [-0.15, -0.1) is 0 Å². The molecule has 0 amide bonds. The molecule has 0 radical (unpaired) electrons. The van der Waals surface area contributed by atoms with E-state index >= 15 is 0 Å². The molecule has 5 heteroatoms. The molecule has 1 N–H and O–H groups in total. The fourth-order valence-electron chi connectivity index (χ4n) is 2.01. The summed E-state index contributed by atoms with van der Waals surface area (Å²) in [6.07, 6.45) is 0. The molecule has 1 aliphatic rings. The maximum atomic E-state index is 8.98. The van der Waals surface area contributed by atoms with Crippen LogP contribution >= 0.6 is 15.9 Å². The van der Waals surface area contributed by atoms with Gasteiger partial charge in [0.1, 0.15) is 13.2 Å². The minimum absolute atomic E-state index is 0.561. The molecule has 0 spiro atoms. The van der Waals surface area contributed by atoms with E-state index in [1.165, 1.54) is 0 Å². The Bertz CT molecular complexity index is 695. The summed E-state index contributed by atoms with van der Waals surface area (Å²) in [5.74, 6) is 1.49. The third-order valence-electron chi connectivity index (χ3n) is 2.86. The number of nitriles is 1. The molecule has 0 saturated heterocycles. The number of nitrogens with one attached hydrogen (secondary N) is 1. The second-order valence-corrected chi connectivity index (χ2v) is 5.24. The van der Waals surface area contributed by atoms with Gasteiger partial charge in [0.2, 0.25) is 0 Å². The highest BCUT2D eigenvalue weighted by atomic mass is 79.9. The van der Waals surface area contributed by atoms with Crippen LogP contribution in [0.25, 0.3) is 0 Å². The Labute approximate surface area is 125 Å². The Hall–Kier alpha value is -2.19. The van der Waals surface area contributed by atoms with Crippen LogP contribution in [0.5, 0.6) is 11.5 Å². The molecule has 20 heavy (non-hydrogen) atoms. The maximum Gasteiger partial charge on any atom is 0.163 e. The number of halogens is 1. The summed E-state index contributed by atoms with van der Waals surface area (Å²) >= 11 is 3.39. The van der Waals surface area contributed by atoms with Crippen LogP contribution in [-0.2, 0) is 0 Å². The number of hydrogen-bond donors (Lipinski definition) is 1. The smallest absolute Gasteiger partial charge is 0.163 e. The monoisotopic (exact) mass is 330 g/mol. The van der Waals surface area contributed by atoms with E-state index in [0.717, 1.165) is 27.3 Å². The Morgan fingerprint density at radius 1 is 1.00 bits per heavy atom. The van der Waals surface area contributed by atoms with Gasteiger partial charge < -0.3 is 14.8 Å². The molecule has 0 bridgehead atoms. The van der Waals surface area contributed by atoms with Gasteiger partial charge in [0.15, 0.2) is 11.5 Å². The van der Waals surface area contributed by atoms with Crippen LogP contribution in [0.3, 0.4) is 0 Å². The molecule has 0 unspecified atom stereocenters. The van der Waals surface area contributed by atoms with E-state index in [0.29, 0.717) is 18.8 Å². The molecule has 0 saturated carbocycles. The first-order chi connectivity index (χ1) is 9.74. The van der Waals surface area contributed by atoms with Gasteiger partial charge in [-0.2, -0.15) is 5.26 Å². The molecule has 1 heterocycles. The van der Waals surface area contributed by atoms with Crippen LogP contribution in [0.4, 0.5) is 11.4 Å². The zero-order valence-electron chi connectivity index (χ0n) is 10.5. The molecule has 4 nitrogen and oxygen atoms in total. The summed E-state index contributed by atoms with van der Waals surface area (Å²) in [4.78, 5) is 0. The van der Waals surface area contributed by atoms with Crippen molar-refractivity contribution in [3.8, 4) is 17.6 Å². The summed E-state index contributed by atoms with van der Waals surface area (Å²) in [7, 11) is 0. The highest BCUT2D eigenvalue weighted by Gasteiger charge is 2.11. The zero-order valence-corrected chi connectivity index (χ0v) is 12.1. The SMILES string of the molecule is N#Cc1cc(Br)cc(Nc2ccc3c(c2)OCCO3)c1. The van der Waals surface area contributed by atoms with E-state index in [2.05, 4.69) is 27.3 Å². The summed E-state index contributed by atoms with van der Waals surface area (Å²) in [6.45, 7) is 1.14. The second kappa shape index (κ2) is 5.43. The van der Waals surface area contributed by atoms with E-state index in [-0.39, 0.29) is 0 Å². The number of nitrogens with zero attached hydrogens (tertiary/aromatic N) is 1. The van der Waals surface area contributed by atoms with E-state index in [1.807, 2.05) is 24.3 Å². The number of rotatable bonds is 2. The first-order valence-electron chi connectivity index (χ1n) is 6.12. The summed E-state index contributed by atoms with van der Waals surface area (Å²) in [6, 6.07) is 13.3. The number of fused-ring (bicyclic) bond motifs is 1. The third-order valence-corrected chi connectivity index (χ3v) is 3.32. The quantitative estimate of drug-likeness (QED) is 0.909. The van der Waals surface area contributed by atoms with Crippen molar-refractivity contribution in [2.75, 3.05) is 18.5 Å². The normalized spacial score (nSPS) is 12.6. The fraction of sp³-hybridized carbons (Fsp3) is 0.133. The van der Waals surface area contributed by atoms with Crippen LogP contribution in [-0.4, -0.2) is 13.2 Å². The number of anilines is 2. The van der Waals surface area contributed by atoms with Crippen molar-refractivity contribution in [3.05, 3.63) is 46.4 Å². The van der Waals surface area contributed by atoms with Gasteiger partial charge in [0.25, 0.3) is 0 Å². The van der Waals surface area contributed by atoms with Gasteiger partial charge in [-0.3, -0.25) is 0 Å². The van der Waals surface area contributed by atoms with Crippen molar-refractivity contribution >= 4 is 27.3 Å². The molecule has 3 rings (SSSR count). The molecular weight excluding hydrogens is 320 g/mol. The van der Waals surface area contributed by atoms with Gasteiger partial charge in [0, 0.05) is 21.9 Å². The Balaban J connectivity index is 1.88. The highest BCUT2D eigenvalue weighted by molar-refractivity contribution is 9.10. The second-order valence-electron chi connectivity index (χ2n) is 4.32. The van der Waals surface area contributed by atoms with E-state index in [9.17, 15) is 0 Å².